The van der Waals surface area contributed by atoms with Crippen LogP contribution in [0.25, 0.3) is 0 Å². The molecule has 0 aromatic carbocycles. The van der Waals surface area contributed by atoms with Gasteiger partial charge in [0, 0.05) is 25.2 Å². The first-order chi connectivity index (χ1) is 11.1. The molecular formula is C12H26MnN8O4. The smallest absolute Gasteiger partial charge is 0.548 e. The van der Waals surface area contributed by atoms with Crippen LogP contribution in [-0.4, -0.2) is 49.0 Å². The molecule has 13 heteroatoms. The van der Waals surface area contributed by atoms with Gasteiger partial charge in [0.2, 0.25) is 0 Å². The fourth-order valence-corrected chi connectivity index (χ4v) is 1.27. The summed E-state index contributed by atoms with van der Waals surface area (Å²) in [6, 6.07) is -1.86. The van der Waals surface area contributed by atoms with Crippen LogP contribution in [0.4, 0.5) is 0 Å². The molecule has 0 aromatic rings. The molecule has 12 nitrogen and oxygen atoms in total. The standard InChI is InChI=1S/2C6H14N4O2.Mn/c2*7-4(5(11)12)2-1-3-10-6(8)9;/h2*4H,1-3,7H2,(H,11,12)(H4,8,9,10);/q;;+2/p-2/t2*4-;/m00./s1. The molecule has 1 radical (unpaired) electrons. The van der Waals surface area contributed by atoms with Gasteiger partial charge in [-0.3, -0.25) is 9.98 Å². The minimum Gasteiger partial charge on any atom is -0.548 e. The van der Waals surface area contributed by atoms with Crippen LogP contribution in [0.2, 0.25) is 0 Å². The first kappa shape index (κ1) is 27.8. The molecule has 12 N–H and O–H groups in total. The predicted octanol–water partition coefficient (Wildman–Crippen LogP) is -5.77. The monoisotopic (exact) mass is 401 g/mol. The Hall–Kier alpha value is -2.08. The van der Waals surface area contributed by atoms with Crippen molar-refractivity contribution in [3.05, 3.63) is 0 Å². The number of aliphatic imine (C=N–C) groups is 2. The second kappa shape index (κ2) is 16.8. The molecule has 0 unspecified atom stereocenters. The summed E-state index contributed by atoms with van der Waals surface area (Å²) in [5, 5.41) is 20.2. The van der Waals surface area contributed by atoms with Crippen LogP contribution < -0.4 is 44.6 Å². The molecular weight excluding hydrogens is 375 g/mol. The first-order valence-corrected chi connectivity index (χ1v) is 7.11. The van der Waals surface area contributed by atoms with Crippen molar-refractivity contribution in [3.63, 3.8) is 0 Å². The van der Waals surface area contributed by atoms with E-state index in [4.69, 9.17) is 34.4 Å². The molecule has 0 aliphatic rings. The van der Waals surface area contributed by atoms with Gasteiger partial charge in [-0.2, -0.15) is 0 Å². The minimum atomic E-state index is -1.25. The Balaban J connectivity index is -0.000000372. The molecule has 0 aromatic heterocycles. The number of guanidine groups is 2. The molecule has 0 rings (SSSR count). The molecule has 0 aliphatic heterocycles. The molecule has 0 heterocycles. The van der Waals surface area contributed by atoms with E-state index in [1.807, 2.05) is 0 Å². The van der Waals surface area contributed by atoms with Crippen molar-refractivity contribution < 1.29 is 36.9 Å². The maximum absolute atomic E-state index is 10.1. The van der Waals surface area contributed by atoms with E-state index in [1.165, 1.54) is 0 Å². The normalized spacial score (nSPS) is 11.6. The average Bonchev–Trinajstić information content (AvgIpc) is 2.47. The summed E-state index contributed by atoms with van der Waals surface area (Å²) >= 11 is 0. The maximum Gasteiger partial charge on any atom is 2.00 e. The Bertz CT molecular complexity index is 399. The van der Waals surface area contributed by atoms with Gasteiger partial charge < -0.3 is 54.2 Å². The van der Waals surface area contributed by atoms with Gasteiger partial charge in [0.15, 0.2) is 11.9 Å². The molecule has 2 atom stereocenters. The quantitative estimate of drug-likeness (QED) is 0.0873. The van der Waals surface area contributed by atoms with Crippen LogP contribution >= 0.6 is 0 Å². The number of hydrogen-bond donors (Lipinski definition) is 6. The van der Waals surface area contributed by atoms with E-state index in [1.54, 1.807) is 0 Å². The van der Waals surface area contributed by atoms with Gasteiger partial charge in [-0.05, 0) is 25.7 Å². The topological polar surface area (TPSA) is 261 Å². The van der Waals surface area contributed by atoms with Crippen LogP contribution in [0.15, 0.2) is 9.98 Å². The van der Waals surface area contributed by atoms with E-state index < -0.39 is 24.0 Å². The third-order valence-electron chi connectivity index (χ3n) is 2.54. The van der Waals surface area contributed by atoms with Crippen molar-refractivity contribution in [2.45, 2.75) is 37.8 Å². The van der Waals surface area contributed by atoms with Crippen molar-refractivity contribution in [1.29, 1.82) is 0 Å². The Morgan fingerprint density at radius 2 is 1.04 bits per heavy atom. The summed E-state index contributed by atoms with van der Waals surface area (Å²) in [6.07, 6.45) is 1.71. The molecule has 0 aliphatic carbocycles. The zero-order valence-corrected chi connectivity index (χ0v) is 14.9. The van der Waals surface area contributed by atoms with Crippen molar-refractivity contribution in [3.8, 4) is 0 Å². The zero-order chi connectivity index (χ0) is 19.1. The molecule has 0 amide bonds. The number of hydrogen-bond acceptors (Lipinski definition) is 8. The Morgan fingerprint density at radius 3 is 1.24 bits per heavy atom. The maximum atomic E-state index is 10.1. The number of nitrogens with two attached hydrogens (primary N) is 6. The second-order valence-corrected chi connectivity index (χ2v) is 4.75. The summed E-state index contributed by atoms with van der Waals surface area (Å²) < 4.78 is 0. The summed E-state index contributed by atoms with van der Waals surface area (Å²) in [4.78, 5) is 27.5. The third-order valence-corrected chi connectivity index (χ3v) is 2.54. The Morgan fingerprint density at radius 1 is 0.760 bits per heavy atom. The molecule has 25 heavy (non-hydrogen) atoms. The first-order valence-electron chi connectivity index (χ1n) is 7.11. The van der Waals surface area contributed by atoms with Gasteiger partial charge >= 0.3 is 17.1 Å². The second-order valence-electron chi connectivity index (χ2n) is 4.75. The van der Waals surface area contributed by atoms with Crippen molar-refractivity contribution in [1.82, 2.24) is 0 Å². The van der Waals surface area contributed by atoms with Gasteiger partial charge in [0.1, 0.15) is 0 Å². The van der Waals surface area contributed by atoms with Crippen LogP contribution in [0, 0.1) is 0 Å². The minimum absolute atomic E-state index is 0. The largest absolute Gasteiger partial charge is 2.00 e. The summed E-state index contributed by atoms with van der Waals surface area (Å²) in [7, 11) is 0. The van der Waals surface area contributed by atoms with Gasteiger partial charge in [0.25, 0.3) is 0 Å². The van der Waals surface area contributed by atoms with E-state index in [-0.39, 0.29) is 29.0 Å². The molecule has 145 valence electrons. The molecule has 0 fully saturated rings. The Labute approximate surface area is 156 Å². The van der Waals surface area contributed by atoms with Crippen molar-refractivity contribution in [2.75, 3.05) is 13.1 Å². The summed E-state index contributed by atoms with van der Waals surface area (Å²) in [6.45, 7) is 0.784. The van der Waals surface area contributed by atoms with E-state index in [0.717, 1.165) is 0 Å². The SMILES string of the molecule is NC(N)=NCCC[C@H](N)C(=O)[O-].NC(N)=NCCC[C@H](N)C(=O)[O-].[Mn+2]. The number of nitrogens with zero attached hydrogens (tertiary/aromatic N) is 2. The van der Waals surface area contributed by atoms with Gasteiger partial charge in [0.05, 0.1) is 11.9 Å². The van der Waals surface area contributed by atoms with Crippen LogP contribution in [0.3, 0.4) is 0 Å². The van der Waals surface area contributed by atoms with E-state index in [2.05, 4.69) is 9.98 Å². The fourth-order valence-electron chi connectivity index (χ4n) is 1.27. The van der Waals surface area contributed by atoms with Gasteiger partial charge in [-0.1, -0.05) is 0 Å². The summed E-state index contributed by atoms with van der Waals surface area (Å²) in [5.74, 6) is -2.51. The average molecular weight is 401 g/mol. The van der Waals surface area contributed by atoms with Crippen LogP contribution in [-0.2, 0) is 26.7 Å². The van der Waals surface area contributed by atoms with Gasteiger partial charge in [-0.25, -0.2) is 0 Å². The zero-order valence-electron chi connectivity index (χ0n) is 13.8. The van der Waals surface area contributed by atoms with E-state index >= 15 is 0 Å². The molecule has 0 spiro atoms. The van der Waals surface area contributed by atoms with Crippen molar-refractivity contribution >= 4 is 23.9 Å². The number of rotatable bonds is 10. The molecule has 0 saturated carbocycles. The number of aliphatic carboxylic acids is 2. The van der Waals surface area contributed by atoms with Crippen LogP contribution in [0.1, 0.15) is 25.7 Å². The summed E-state index contributed by atoms with van der Waals surface area (Å²) in [5.41, 5.74) is 30.5. The van der Waals surface area contributed by atoms with E-state index in [9.17, 15) is 19.8 Å². The van der Waals surface area contributed by atoms with Crippen LogP contribution in [0.5, 0.6) is 0 Å². The number of carbonyl (C=O) groups is 2. The molecule has 0 bridgehead atoms. The number of carboxylic acids is 2. The number of carboxylic acid groups (broad SMARTS) is 2. The Kier molecular flexibility index (Phi) is 18.6. The van der Waals surface area contributed by atoms with Crippen molar-refractivity contribution in [2.24, 2.45) is 44.4 Å². The van der Waals surface area contributed by atoms with Gasteiger partial charge in [-0.15, -0.1) is 0 Å². The fraction of sp³-hybridized carbons (Fsp3) is 0.667. The number of carbonyl (C=O) groups excluding carboxylic acids is 2. The predicted molar refractivity (Wildman–Crippen MR) is 85.8 cm³/mol. The van der Waals surface area contributed by atoms with E-state index in [0.29, 0.717) is 38.8 Å². The molecule has 0 saturated heterocycles. The third kappa shape index (κ3) is 21.9.